The molecule has 1 aromatic rings. The third-order valence-corrected chi connectivity index (χ3v) is 3.43. The van der Waals surface area contributed by atoms with E-state index in [1.807, 2.05) is 0 Å². The number of hydrogen-bond donors (Lipinski definition) is 0. The van der Waals surface area contributed by atoms with Crippen molar-refractivity contribution in [3.8, 4) is 6.07 Å². The van der Waals surface area contributed by atoms with Crippen LogP contribution < -0.4 is 4.90 Å². The Morgan fingerprint density at radius 3 is 2.58 bits per heavy atom. The highest BCUT2D eigenvalue weighted by molar-refractivity contribution is 9.09. The van der Waals surface area contributed by atoms with Gasteiger partial charge < -0.3 is 4.90 Å². The Labute approximate surface area is 115 Å². The second-order valence-corrected chi connectivity index (χ2v) is 5.44. The van der Waals surface area contributed by atoms with Crippen molar-refractivity contribution in [3.63, 3.8) is 0 Å². The predicted octanol–water partition coefficient (Wildman–Crippen LogP) is 3.08. The SMILES string of the molecule is N#Cc1ccc(N2CC(Br)CC2=O)cc1C(F)(F)F. The van der Waals surface area contributed by atoms with Gasteiger partial charge in [-0.05, 0) is 18.2 Å². The van der Waals surface area contributed by atoms with E-state index in [9.17, 15) is 18.0 Å². The van der Waals surface area contributed by atoms with Crippen LogP contribution in [0.4, 0.5) is 18.9 Å². The first kappa shape index (κ1) is 13.9. The van der Waals surface area contributed by atoms with Crippen LogP contribution in [-0.2, 0) is 11.0 Å². The summed E-state index contributed by atoms with van der Waals surface area (Å²) in [5.41, 5.74) is -1.30. The van der Waals surface area contributed by atoms with Crippen LogP contribution in [-0.4, -0.2) is 17.3 Å². The maximum atomic E-state index is 12.8. The largest absolute Gasteiger partial charge is 0.417 e. The van der Waals surface area contributed by atoms with Crippen molar-refractivity contribution < 1.29 is 18.0 Å². The smallest absolute Gasteiger partial charge is 0.311 e. The van der Waals surface area contributed by atoms with E-state index >= 15 is 0 Å². The molecular weight excluding hydrogens is 325 g/mol. The normalized spacial score (nSPS) is 19.6. The molecular formula is C12H8BrF3N2O. The molecule has 1 aliphatic heterocycles. The van der Waals surface area contributed by atoms with Gasteiger partial charge >= 0.3 is 6.18 Å². The molecule has 1 aliphatic rings. The lowest BCUT2D eigenvalue weighted by Crippen LogP contribution is -2.25. The molecule has 1 fully saturated rings. The standard InChI is InChI=1S/C12H8BrF3N2O/c13-8-3-11(19)18(6-8)9-2-1-7(5-17)10(4-9)12(14,15)16/h1-2,4,8H,3,6H2. The Hall–Kier alpha value is -1.55. The lowest BCUT2D eigenvalue weighted by Gasteiger charge is -2.18. The topological polar surface area (TPSA) is 44.1 Å². The molecule has 0 aromatic heterocycles. The number of alkyl halides is 4. The molecule has 0 saturated carbocycles. The van der Waals surface area contributed by atoms with Crippen molar-refractivity contribution in [2.75, 3.05) is 11.4 Å². The molecule has 0 aliphatic carbocycles. The molecule has 1 unspecified atom stereocenters. The van der Waals surface area contributed by atoms with Crippen molar-refractivity contribution in [2.24, 2.45) is 0 Å². The summed E-state index contributed by atoms with van der Waals surface area (Å²) in [5, 5.41) is 8.69. The molecule has 1 amide bonds. The second-order valence-electron chi connectivity index (χ2n) is 4.15. The maximum Gasteiger partial charge on any atom is 0.417 e. The highest BCUT2D eigenvalue weighted by atomic mass is 79.9. The lowest BCUT2D eigenvalue weighted by atomic mass is 10.1. The molecule has 0 bridgehead atoms. The summed E-state index contributed by atoms with van der Waals surface area (Å²) < 4.78 is 38.4. The van der Waals surface area contributed by atoms with Crippen molar-refractivity contribution in [1.82, 2.24) is 0 Å². The van der Waals surface area contributed by atoms with Gasteiger partial charge in [0, 0.05) is 23.5 Å². The third kappa shape index (κ3) is 2.73. The molecule has 1 atom stereocenters. The zero-order valence-electron chi connectivity index (χ0n) is 9.54. The van der Waals surface area contributed by atoms with Crippen LogP contribution in [0.5, 0.6) is 0 Å². The first-order valence-corrected chi connectivity index (χ1v) is 6.30. The molecule has 1 heterocycles. The number of nitriles is 1. The molecule has 7 heteroatoms. The number of anilines is 1. The second kappa shape index (κ2) is 4.85. The molecule has 1 saturated heterocycles. The number of halogens is 4. The zero-order chi connectivity index (χ0) is 14.2. The van der Waals surface area contributed by atoms with Gasteiger partial charge in [0.05, 0.1) is 17.2 Å². The number of nitrogens with zero attached hydrogens (tertiary/aromatic N) is 2. The maximum absolute atomic E-state index is 12.8. The fourth-order valence-corrected chi connectivity index (χ4v) is 2.51. The number of amides is 1. The van der Waals surface area contributed by atoms with Gasteiger partial charge in [0.2, 0.25) is 5.91 Å². The van der Waals surface area contributed by atoms with Gasteiger partial charge in [-0.25, -0.2) is 0 Å². The van der Waals surface area contributed by atoms with Gasteiger partial charge in [-0.1, -0.05) is 15.9 Å². The van der Waals surface area contributed by atoms with Gasteiger partial charge in [0.15, 0.2) is 0 Å². The first-order valence-electron chi connectivity index (χ1n) is 5.38. The quantitative estimate of drug-likeness (QED) is 0.742. The molecule has 100 valence electrons. The molecule has 0 radical (unpaired) electrons. The summed E-state index contributed by atoms with van der Waals surface area (Å²) in [6, 6.07) is 4.80. The Morgan fingerprint density at radius 1 is 1.42 bits per heavy atom. The van der Waals surface area contributed by atoms with E-state index in [1.54, 1.807) is 0 Å². The predicted molar refractivity (Wildman–Crippen MR) is 65.8 cm³/mol. The molecule has 3 nitrogen and oxygen atoms in total. The van der Waals surface area contributed by atoms with Crippen LogP contribution in [0.25, 0.3) is 0 Å². The minimum Gasteiger partial charge on any atom is -0.311 e. The summed E-state index contributed by atoms with van der Waals surface area (Å²) >= 11 is 3.27. The van der Waals surface area contributed by atoms with Crippen LogP contribution in [0.15, 0.2) is 18.2 Å². The molecule has 19 heavy (non-hydrogen) atoms. The molecule has 2 rings (SSSR count). The van der Waals surface area contributed by atoms with Crippen molar-refractivity contribution in [3.05, 3.63) is 29.3 Å². The molecule has 0 spiro atoms. The highest BCUT2D eigenvalue weighted by Crippen LogP contribution is 2.35. The van der Waals surface area contributed by atoms with Gasteiger partial charge in [-0.15, -0.1) is 0 Å². The Morgan fingerprint density at radius 2 is 2.11 bits per heavy atom. The van der Waals surface area contributed by atoms with Crippen LogP contribution in [0.2, 0.25) is 0 Å². The van der Waals surface area contributed by atoms with Gasteiger partial charge in [0.25, 0.3) is 0 Å². The number of rotatable bonds is 1. The van der Waals surface area contributed by atoms with Crippen LogP contribution >= 0.6 is 15.9 Å². The Balaban J connectivity index is 2.45. The number of carbonyl (C=O) groups excluding carboxylic acids is 1. The van der Waals surface area contributed by atoms with E-state index in [2.05, 4.69) is 15.9 Å². The Bertz CT molecular complexity index is 565. The molecule has 1 aromatic carbocycles. The fourth-order valence-electron chi connectivity index (χ4n) is 1.95. The van der Waals surface area contributed by atoms with E-state index in [1.165, 1.54) is 17.0 Å². The van der Waals surface area contributed by atoms with E-state index < -0.39 is 17.3 Å². The average molecular weight is 333 g/mol. The summed E-state index contributed by atoms with van der Waals surface area (Å²) in [6.07, 6.45) is -4.36. The van der Waals surface area contributed by atoms with E-state index in [-0.39, 0.29) is 22.8 Å². The number of benzene rings is 1. The van der Waals surface area contributed by atoms with Crippen LogP contribution in [0.3, 0.4) is 0 Å². The van der Waals surface area contributed by atoms with Gasteiger partial charge in [-0.2, -0.15) is 18.4 Å². The minimum atomic E-state index is -4.61. The van der Waals surface area contributed by atoms with Crippen LogP contribution in [0.1, 0.15) is 17.5 Å². The minimum absolute atomic E-state index is 0.0648. The summed E-state index contributed by atoms with van der Waals surface area (Å²) in [7, 11) is 0. The summed E-state index contributed by atoms with van der Waals surface area (Å²) in [6.45, 7) is 0.321. The Kier molecular flexibility index (Phi) is 3.54. The zero-order valence-corrected chi connectivity index (χ0v) is 11.1. The van der Waals surface area contributed by atoms with E-state index in [0.29, 0.717) is 6.54 Å². The van der Waals surface area contributed by atoms with Crippen LogP contribution in [0, 0.1) is 11.3 Å². The lowest BCUT2D eigenvalue weighted by molar-refractivity contribution is -0.137. The van der Waals surface area contributed by atoms with E-state index in [4.69, 9.17) is 5.26 Å². The summed E-state index contributed by atoms with van der Waals surface area (Å²) in [5.74, 6) is -0.236. The van der Waals surface area contributed by atoms with Crippen molar-refractivity contribution >= 4 is 27.5 Å². The van der Waals surface area contributed by atoms with E-state index in [0.717, 1.165) is 12.1 Å². The number of carbonyl (C=O) groups is 1. The third-order valence-electron chi connectivity index (χ3n) is 2.82. The van der Waals surface area contributed by atoms with Crippen molar-refractivity contribution in [2.45, 2.75) is 17.4 Å². The summed E-state index contributed by atoms with van der Waals surface area (Å²) in [4.78, 5) is 12.9. The highest BCUT2D eigenvalue weighted by Gasteiger charge is 2.36. The van der Waals surface area contributed by atoms with Gasteiger partial charge in [0.1, 0.15) is 0 Å². The molecule has 0 N–H and O–H groups in total. The van der Waals surface area contributed by atoms with Gasteiger partial charge in [-0.3, -0.25) is 4.79 Å². The monoisotopic (exact) mass is 332 g/mol. The fraction of sp³-hybridized carbons (Fsp3) is 0.333. The first-order chi connectivity index (χ1) is 8.82. The number of hydrogen-bond acceptors (Lipinski definition) is 2. The average Bonchev–Trinajstić information content (AvgIpc) is 2.66. The van der Waals surface area contributed by atoms with Crippen molar-refractivity contribution in [1.29, 1.82) is 5.26 Å².